The predicted molar refractivity (Wildman–Crippen MR) is 72.8 cm³/mol. The van der Waals surface area contributed by atoms with E-state index in [-0.39, 0.29) is 22.8 Å². The SMILES string of the molecule is COCCCS(=O)(=O)Nc1ccc(/C(N)=N/O)cc1F. The first kappa shape index (κ1) is 16.2. The molecule has 9 heteroatoms. The molecule has 0 spiro atoms. The molecule has 0 aromatic heterocycles. The maximum absolute atomic E-state index is 13.7. The second kappa shape index (κ2) is 7.06. The van der Waals surface area contributed by atoms with Gasteiger partial charge < -0.3 is 15.7 Å². The first-order valence-electron chi connectivity index (χ1n) is 5.66. The van der Waals surface area contributed by atoms with E-state index in [0.717, 1.165) is 6.07 Å². The molecule has 1 aromatic carbocycles. The molecule has 1 rings (SSSR count). The second-order valence-corrected chi connectivity index (χ2v) is 5.79. The lowest BCUT2D eigenvalue weighted by molar-refractivity contribution is 0.199. The summed E-state index contributed by atoms with van der Waals surface area (Å²) < 4.78 is 44.0. The lowest BCUT2D eigenvalue weighted by Crippen LogP contribution is -2.19. The summed E-state index contributed by atoms with van der Waals surface area (Å²) in [5, 5.41) is 11.2. The number of anilines is 1. The number of ether oxygens (including phenoxy) is 1. The van der Waals surface area contributed by atoms with E-state index in [4.69, 9.17) is 15.7 Å². The van der Waals surface area contributed by atoms with Crippen LogP contribution in [0, 0.1) is 5.82 Å². The van der Waals surface area contributed by atoms with Crippen LogP contribution in [0.1, 0.15) is 12.0 Å². The third kappa shape index (κ3) is 4.67. The number of methoxy groups -OCH3 is 1. The predicted octanol–water partition coefficient (Wildman–Crippen LogP) is 0.698. The normalized spacial score (nSPS) is 12.4. The number of oxime groups is 1. The van der Waals surface area contributed by atoms with Crippen LogP contribution in [0.4, 0.5) is 10.1 Å². The van der Waals surface area contributed by atoms with E-state index in [2.05, 4.69) is 9.88 Å². The second-order valence-electron chi connectivity index (χ2n) is 3.95. The number of nitrogens with one attached hydrogen (secondary N) is 1. The van der Waals surface area contributed by atoms with Crippen molar-refractivity contribution in [3.63, 3.8) is 0 Å². The summed E-state index contributed by atoms with van der Waals surface area (Å²) in [4.78, 5) is 0. The molecule has 0 unspecified atom stereocenters. The Balaban J connectivity index is 2.83. The lowest BCUT2D eigenvalue weighted by Gasteiger charge is -2.09. The summed E-state index contributed by atoms with van der Waals surface area (Å²) in [6, 6.07) is 3.52. The van der Waals surface area contributed by atoms with Gasteiger partial charge in [-0.15, -0.1) is 0 Å². The Hall–Kier alpha value is -1.87. The zero-order valence-electron chi connectivity index (χ0n) is 10.8. The molecule has 7 nitrogen and oxygen atoms in total. The summed E-state index contributed by atoms with van der Waals surface area (Å²) in [6.07, 6.45) is 0.301. The molecule has 0 fully saturated rings. The van der Waals surface area contributed by atoms with Crippen molar-refractivity contribution in [1.82, 2.24) is 0 Å². The molecular formula is C11H16FN3O4S. The number of nitrogens with zero attached hydrogens (tertiary/aromatic N) is 1. The number of amidine groups is 1. The number of hydrogen-bond acceptors (Lipinski definition) is 5. The van der Waals surface area contributed by atoms with Gasteiger partial charge in [-0.1, -0.05) is 5.16 Å². The standard InChI is InChI=1S/C11H16FN3O4S/c1-19-5-2-6-20(17,18)15-10-4-3-8(7-9(10)12)11(13)14-16/h3-4,7,15-16H,2,5-6H2,1H3,(H2,13,14). The average Bonchev–Trinajstić information content (AvgIpc) is 2.40. The fourth-order valence-electron chi connectivity index (χ4n) is 1.43. The van der Waals surface area contributed by atoms with Gasteiger partial charge in [0.05, 0.1) is 11.4 Å². The molecule has 0 aliphatic carbocycles. The third-order valence-corrected chi connectivity index (χ3v) is 3.76. The summed E-state index contributed by atoms with van der Waals surface area (Å²) >= 11 is 0. The van der Waals surface area contributed by atoms with Crippen LogP contribution in [0.25, 0.3) is 0 Å². The van der Waals surface area contributed by atoms with Crippen LogP contribution in [0.3, 0.4) is 0 Å². The van der Waals surface area contributed by atoms with Crippen molar-refractivity contribution in [1.29, 1.82) is 0 Å². The maximum Gasteiger partial charge on any atom is 0.232 e. The first-order chi connectivity index (χ1) is 9.39. The van der Waals surface area contributed by atoms with Gasteiger partial charge in [0.15, 0.2) is 5.84 Å². The Bertz CT molecular complexity index is 589. The van der Waals surface area contributed by atoms with Crippen LogP contribution in [-0.2, 0) is 14.8 Å². The molecule has 20 heavy (non-hydrogen) atoms. The van der Waals surface area contributed by atoms with Crippen LogP contribution in [0.15, 0.2) is 23.4 Å². The highest BCUT2D eigenvalue weighted by atomic mass is 32.2. The smallest absolute Gasteiger partial charge is 0.232 e. The molecule has 0 bridgehead atoms. The van der Waals surface area contributed by atoms with Crippen molar-refractivity contribution in [2.24, 2.45) is 10.9 Å². The van der Waals surface area contributed by atoms with Gasteiger partial charge in [0.1, 0.15) is 5.82 Å². The van der Waals surface area contributed by atoms with Gasteiger partial charge in [0.2, 0.25) is 10.0 Å². The van der Waals surface area contributed by atoms with Crippen LogP contribution in [-0.4, -0.2) is 38.9 Å². The van der Waals surface area contributed by atoms with Gasteiger partial charge >= 0.3 is 0 Å². The number of sulfonamides is 1. The average molecular weight is 305 g/mol. The fraction of sp³-hybridized carbons (Fsp3) is 0.364. The van der Waals surface area contributed by atoms with Crippen molar-refractivity contribution in [3.8, 4) is 0 Å². The summed E-state index contributed by atoms with van der Waals surface area (Å²) in [6.45, 7) is 0.297. The summed E-state index contributed by atoms with van der Waals surface area (Å²) in [5.41, 5.74) is 5.25. The molecule has 0 saturated carbocycles. The molecule has 0 radical (unpaired) electrons. The Morgan fingerprint density at radius 3 is 2.80 bits per heavy atom. The topological polar surface area (TPSA) is 114 Å². The Labute approximate surface area is 116 Å². The van der Waals surface area contributed by atoms with E-state index in [9.17, 15) is 12.8 Å². The maximum atomic E-state index is 13.7. The molecule has 112 valence electrons. The largest absolute Gasteiger partial charge is 0.409 e. The minimum absolute atomic E-state index is 0.146. The molecule has 0 amide bonds. The van der Waals surface area contributed by atoms with Crippen LogP contribution >= 0.6 is 0 Å². The van der Waals surface area contributed by atoms with Crippen LogP contribution in [0.2, 0.25) is 0 Å². The molecule has 0 saturated heterocycles. The van der Waals surface area contributed by atoms with Gasteiger partial charge in [-0.05, 0) is 24.6 Å². The van der Waals surface area contributed by atoms with Gasteiger partial charge in [-0.3, -0.25) is 4.72 Å². The van der Waals surface area contributed by atoms with E-state index >= 15 is 0 Å². The van der Waals surface area contributed by atoms with Gasteiger partial charge in [0, 0.05) is 19.3 Å². The van der Waals surface area contributed by atoms with E-state index in [0.29, 0.717) is 13.0 Å². The van der Waals surface area contributed by atoms with E-state index in [1.165, 1.54) is 19.2 Å². The molecule has 0 aliphatic heterocycles. The van der Waals surface area contributed by atoms with Crippen LogP contribution < -0.4 is 10.5 Å². The number of rotatable bonds is 7. The molecule has 4 N–H and O–H groups in total. The van der Waals surface area contributed by atoms with E-state index < -0.39 is 15.8 Å². The fourth-order valence-corrected chi connectivity index (χ4v) is 2.53. The Morgan fingerprint density at radius 1 is 1.55 bits per heavy atom. The minimum atomic E-state index is -3.65. The lowest BCUT2D eigenvalue weighted by atomic mass is 10.2. The van der Waals surface area contributed by atoms with Crippen LogP contribution in [0.5, 0.6) is 0 Å². The molecule has 1 aromatic rings. The van der Waals surface area contributed by atoms with Crippen molar-refractivity contribution in [3.05, 3.63) is 29.6 Å². The summed E-state index contributed by atoms with van der Waals surface area (Å²) in [7, 11) is -2.19. The molecule has 0 aliphatic rings. The zero-order valence-corrected chi connectivity index (χ0v) is 11.7. The number of nitrogens with two attached hydrogens (primary N) is 1. The number of hydrogen-bond donors (Lipinski definition) is 3. The van der Waals surface area contributed by atoms with Gasteiger partial charge in [-0.2, -0.15) is 0 Å². The van der Waals surface area contributed by atoms with Gasteiger partial charge in [0.25, 0.3) is 0 Å². The Kier molecular flexibility index (Phi) is 5.71. The highest BCUT2D eigenvalue weighted by Gasteiger charge is 2.14. The third-order valence-electron chi connectivity index (χ3n) is 2.40. The van der Waals surface area contributed by atoms with Crippen molar-refractivity contribution in [2.75, 3.05) is 24.2 Å². The van der Waals surface area contributed by atoms with Crippen molar-refractivity contribution >= 4 is 21.5 Å². The minimum Gasteiger partial charge on any atom is -0.409 e. The number of benzene rings is 1. The number of halogens is 1. The zero-order chi connectivity index (χ0) is 15.2. The monoisotopic (exact) mass is 305 g/mol. The van der Waals surface area contributed by atoms with E-state index in [1.54, 1.807) is 0 Å². The van der Waals surface area contributed by atoms with E-state index in [1.807, 2.05) is 0 Å². The molecule has 0 heterocycles. The molecular weight excluding hydrogens is 289 g/mol. The Morgan fingerprint density at radius 2 is 2.25 bits per heavy atom. The molecule has 0 atom stereocenters. The summed E-state index contributed by atoms with van der Waals surface area (Å²) in [5.74, 6) is -1.26. The first-order valence-corrected chi connectivity index (χ1v) is 7.31. The highest BCUT2D eigenvalue weighted by Crippen LogP contribution is 2.17. The van der Waals surface area contributed by atoms with Crippen molar-refractivity contribution in [2.45, 2.75) is 6.42 Å². The highest BCUT2D eigenvalue weighted by molar-refractivity contribution is 7.92. The van der Waals surface area contributed by atoms with Gasteiger partial charge in [-0.25, -0.2) is 12.8 Å². The van der Waals surface area contributed by atoms with Crippen molar-refractivity contribution < 1.29 is 22.8 Å². The quantitative estimate of drug-likeness (QED) is 0.225.